The molecule has 0 atom stereocenters. The molecule has 0 aliphatic heterocycles. The first kappa shape index (κ1) is 11.7. The summed E-state index contributed by atoms with van der Waals surface area (Å²) in [5.41, 5.74) is 6.63. The van der Waals surface area contributed by atoms with Crippen LogP contribution in [0.25, 0.3) is 11.1 Å². The van der Waals surface area contributed by atoms with Crippen LogP contribution in [-0.2, 0) is 0 Å². The van der Waals surface area contributed by atoms with Gasteiger partial charge < -0.3 is 4.90 Å². The number of anilines is 1. The Balaban J connectivity index is 2.56. The molecule has 1 heteroatoms. The van der Waals surface area contributed by atoms with Crippen molar-refractivity contribution in [2.75, 3.05) is 19.0 Å². The van der Waals surface area contributed by atoms with E-state index in [2.05, 4.69) is 75.3 Å². The Bertz CT molecular complexity index is 513. The highest BCUT2D eigenvalue weighted by molar-refractivity contribution is 5.73. The molecule has 0 amide bonds. The van der Waals surface area contributed by atoms with Crippen molar-refractivity contribution in [3.05, 3.63) is 53.6 Å². The van der Waals surface area contributed by atoms with E-state index in [0.717, 1.165) is 0 Å². The predicted octanol–water partition coefficient (Wildman–Crippen LogP) is 4.04. The summed E-state index contributed by atoms with van der Waals surface area (Å²) >= 11 is 0. The minimum Gasteiger partial charge on any atom is -0.377 e. The highest BCUT2D eigenvalue weighted by atomic mass is 15.1. The molecule has 0 N–H and O–H groups in total. The van der Waals surface area contributed by atoms with Crippen molar-refractivity contribution < 1.29 is 0 Å². The zero-order valence-corrected chi connectivity index (χ0v) is 11.0. The van der Waals surface area contributed by atoms with Crippen LogP contribution in [0.1, 0.15) is 11.1 Å². The van der Waals surface area contributed by atoms with Gasteiger partial charge in [-0.15, -0.1) is 0 Å². The Kier molecular flexibility index (Phi) is 3.19. The summed E-state index contributed by atoms with van der Waals surface area (Å²) in [6.45, 7) is 4.39. The van der Waals surface area contributed by atoms with Crippen molar-refractivity contribution in [3.8, 4) is 11.1 Å². The number of benzene rings is 2. The quantitative estimate of drug-likeness (QED) is 0.745. The maximum absolute atomic E-state index is 2.22. The number of hydrogen-bond acceptors (Lipinski definition) is 1. The molecule has 2 aromatic rings. The first-order valence-electron chi connectivity index (χ1n) is 5.94. The Morgan fingerprint density at radius 3 is 2.00 bits per heavy atom. The molecule has 0 spiro atoms. The van der Waals surface area contributed by atoms with Gasteiger partial charge in [0.1, 0.15) is 0 Å². The van der Waals surface area contributed by atoms with E-state index < -0.39 is 0 Å². The molecular formula is C16H19N. The summed E-state index contributed by atoms with van der Waals surface area (Å²) < 4.78 is 0. The van der Waals surface area contributed by atoms with E-state index in [-0.39, 0.29) is 0 Å². The van der Waals surface area contributed by atoms with Gasteiger partial charge in [-0.1, -0.05) is 36.4 Å². The average Bonchev–Trinajstić information content (AvgIpc) is 2.33. The van der Waals surface area contributed by atoms with Crippen LogP contribution in [0.15, 0.2) is 42.5 Å². The van der Waals surface area contributed by atoms with Crippen molar-refractivity contribution in [2.24, 2.45) is 0 Å². The fraction of sp³-hybridized carbons (Fsp3) is 0.250. The van der Waals surface area contributed by atoms with Crippen molar-refractivity contribution in [3.63, 3.8) is 0 Å². The van der Waals surface area contributed by atoms with Crippen LogP contribution in [0.5, 0.6) is 0 Å². The monoisotopic (exact) mass is 225 g/mol. The summed E-state index contributed by atoms with van der Waals surface area (Å²) in [5.74, 6) is 0. The Hall–Kier alpha value is -1.76. The largest absolute Gasteiger partial charge is 0.377 e. The standard InChI is InChI=1S/C16H19N/c1-12-13(2)16(17(3)4)11-10-15(12)14-8-6-5-7-9-14/h5-11H,1-4H3. The van der Waals surface area contributed by atoms with Crippen LogP contribution in [0.2, 0.25) is 0 Å². The van der Waals surface area contributed by atoms with Crippen molar-refractivity contribution >= 4 is 5.69 Å². The summed E-state index contributed by atoms with van der Waals surface area (Å²) in [5, 5.41) is 0. The molecule has 17 heavy (non-hydrogen) atoms. The zero-order valence-electron chi connectivity index (χ0n) is 11.0. The summed E-state index contributed by atoms with van der Waals surface area (Å²) in [6, 6.07) is 15.0. The third-order valence-corrected chi connectivity index (χ3v) is 3.33. The molecule has 0 heterocycles. The van der Waals surface area contributed by atoms with Gasteiger partial charge >= 0.3 is 0 Å². The Morgan fingerprint density at radius 2 is 1.41 bits per heavy atom. The van der Waals surface area contributed by atoms with Gasteiger partial charge in [0.2, 0.25) is 0 Å². The molecule has 0 bridgehead atoms. The molecule has 0 saturated carbocycles. The van der Waals surface area contributed by atoms with Crippen LogP contribution >= 0.6 is 0 Å². The van der Waals surface area contributed by atoms with Gasteiger partial charge in [0.25, 0.3) is 0 Å². The SMILES string of the molecule is Cc1c(-c2ccccc2)ccc(N(C)C)c1C. The average molecular weight is 225 g/mol. The lowest BCUT2D eigenvalue weighted by molar-refractivity contribution is 1.11. The third kappa shape index (κ3) is 2.19. The molecular weight excluding hydrogens is 206 g/mol. The first-order valence-corrected chi connectivity index (χ1v) is 5.94. The molecule has 0 radical (unpaired) electrons. The van der Waals surface area contributed by atoms with Crippen molar-refractivity contribution in [1.82, 2.24) is 0 Å². The molecule has 0 aromatic heterocycles. The maximum atomic E-state index is 2.22. The lowest BCUT2D eigenvalue weighted by Gasteiger charge is -2.19. The second-order valence-corrected chi connectivity index (χ2v) is 4.64. The third-order valence-electron chi connectivity index (χ3n) is 3.33. The number of rotatable bonds is 2. The lowest BCUT2D eigenvalue weighted by atomic mass is 9.95. The minimum absolute atomic E-state index is 1.29. The van der Waals surface area contributed by atoms with E-state index in [1.54, 1.807) is 0 Å². The fourth-order valence-corrected chi connectivity index (χ4v) is 2.22. The van der Waals surface area contributed by atoms with Gasteiger partial charge in [-0.2, -0.15) is 0 Å². The van der Waals surface area contributed by atoms with Crippen molar-refractivity contribution in [1.29, 1.82) is 0 Å². The predicted molar refractivity (Wildman–Crippen MR) is 75.7 cm³/mol. The van der Waals surface area contributed by atoms with Crippen LogP contribution in [0.4, 0.5) is 5.69 Å². The van der Waals surface area contributed by atoms with Gasteiger partial charge in [0.15, 0.2) is 0 Å². The highest BCUT2D eigenvalue weighted by Crippen LogP contribution is 2.30. The van der Waals surface area contributed by atoms with Crippen LogP contribution in [0, 0.1) is 13.8 Å². The molecule has 0 fully saturated rings. The molecule has 2 aromatic carbocycles. The molecule has 0 aliphatic carbocycles. The van der Waals surface area contributed by atoms with E-state index >= 15 is 0 Å². The second-order valence-electron chi connectivity index (χ2n) is 4.64. The van der Waals surface area contributed by atoms with Gasteiger partial charge in [0, 0.05) is 19.8 Å². The van der Waals surface area contributed by atoms with E-state index in [0.29, 0.717) is 0 Å². The van der Waals surface area contributed by atoms with E-state index in [4.69, 9.17) is 0 Å². The Morgan fingerprint density at radius 1 is 0.765 bits per heavy atom. The first-order chi connectivity index (χ1) is 8.11. The van der Waals surface area contributed by atoms with Gasteiger partial charge in [0.05, 0.1) is 0 Å². The van der Waals surface area contributed by atoms with Crippen LogP contribution < -0.4 is 4.90 Å². The molecule has 88 valence electrons. The number of nitrogens with zero attached hydrogens (tertiary/aromatic N) is 1. The molecule has 0 unspecified atom stereocenters. The van der Waals surface area contributed by atoms with Gasteiger partial charge in [-0.25, -0.2) is 0 Å². The normalized spacial score (nSPS) is 10.4. The molecule has 0 aliphatic rings. The van der Waals surface area contributed by atoms with Crippen LogP contribution in [0.3, 0.4) is 0 Å². The summed E-state index contributed by atoms with van der Waals surface area (Å²) in [7, 11) is 4.17. The summed E-state index contributed by atoms with van der Waals surface area (Å²) in [6.07, 6.45) is 0. The van der Waals surface area contributed by atoms with E-state index in [1.165, 1.54) is 27.9 Å². The smallest absolute Gasteiger partial charge is 0.0393 e. The lowest BCUT2D eigenvalue weighted by Crippen LogP contribution is -2.11. The van der Waals surface area contributed by atoms with E-state index in [1.807, 2.05) is 0 Å². The summed E-state index contributed by atoms with van der Waals surface area (Å²) in [4.78, 5) is 2.16. The molecule has 2 rings (SSSR count). The molecule has 1 nitrogen and oxygen atoms in total. The number of hydrogen-bond donors (Lipinski definition) is 0. The highest BCUT2D eigenvalue weighted by Gasteiger charge is 2.08. The van der Waals surface area contributed by atoms with Crippen molar-refractivity contribution in [2.45, 2.75) is 13.8 Å². The van der Waals surface area contributed by atoms with Gasteiger partial charge in [-0.3, -0.25) is 0 Å². The zero-order chi connectivity index (χ0) is 12.4. The Labute approximate surface area is 104 Å². The molecule has 0 saturated heterocycles. The minimum atomic E-state index is 1.29. The van der Waals surface area contributed by atoms with Gasteiger partial charge in [-0.05, 0) is 42.2 Å². The second kappa shape index (κ2) is 4.62. The maximum Gasteiger partial charge on any atom is 0.0393 e. The fourth-order valence-electron chi connectivity index (χ4n) is 2.22. The topological polar surface area (TPSA) is 3.24 Å². The van der Waals surface area contributed by atoms with Crippen LogP contribution in [-0.4, -0.2) is 14.1 Å². The van der Waals surface area contributed by atoms with E-state index in [9.17, 15) is 0 Å².